The van der Waals surface area contributed by atoms with Gasteiger partial charge in [0.2, 0.25) is 5.91 Å². The van der Waals surface area contributed by atoms with E-state index in [0.29, 0.717) is 21.3 Å². The number of carbonyl (C=O) groups is 2. The van der Waals surface area contributed by atoms with E-state index < -0.39 is 17.2 Å². The van der Waals surface area contributed by atoms with Gasteiger partial charge in [-0.2, -0.15) is 0 Å². The second-order valence-corrected chi connectivity index (χ2v) is 8.77. The van der Waals surface area contributed by atoms with Crippen molar-refractivity contribution in [3.8, 4) is 0 Å². The molecule has 26 heavy (non-hydrogen) atoms. The maximum Gasteiger partial charge on any atom is 0.321 e. The maximum atomic E-state index is 12.6. The van der Waals surface area contributed by atoms with E-state index in [1.165, 1.54) is 18.4 Å². The van der Waals surface area contributed by atoms with E-state index in [4.69, 9.17) is 0 Å². The van der Waals surface area contributed by atoms with Gasteiger partial charge in [-0.25, -0.2) is 9.78 Å². The molecule has 142 valence electrons. The molecule has 3 N–H and O–H groups in total. The number of urea groups is 1. The molecule has 0 aliphatic heterocycles. The van der Waals surface area contributed by atoms with Crippen LogP contribution in [0.25, 0.3) is 10.2 Å². The van der Waals surface area contributed by atoms with Crippen LogP contribution in [-0.4, -0.2) is 34.2 Å². The third kappa shape index (κ3) is 4.64. The van der Waals surface area contributed by atoms with E-state index in [9.17, 15) is 14.4 Å². The second-order valence-electron chi connectivity index (χ2n) is 6.23. The van der Waals surface area contributed by atoms with E-state index in [2.05, 4.69) is 34.4 Å². The van der Waals surface area contributed by atoms with Crippen LogP contribution in [-0.2, 0) is 11.2 Å². The van der Waals surface area contributed by atoms with Crippen molar-refractivity contribution in [3.05, 3.63) is 20.8 Å². The molecule has 0 bridgehead atoms. The summed E-state index contributed by atoms with van der Waals surface area (Å²) < 4.78 is 0. The largest absolute Gasteiger partial charge is 0.341 e. The Balaban J connectivity index is 2.27. The number of hydrogen-bond donors (Lipinski definition) is 3. The molecule has 2 aromatic heterocycles. The van der Waals surface area contributed by atoms with Gasteiger partial charge in [-0.1, -0.05) is 32.0 Å². The molecule has 0 unspecified atom stereocenters. The van der Waals surface area contributed by atoms with Gasteiger partial charge >= 0.3 is 6.03 Å². The minimum Gasteiger partial charge on any atom is -0.341 e. The Morgan fingerprint density at radius 1 is 1.35 bits per heavy atom. The highest BCUT2D eigenvalue weighted by Crippen LogP contribution is 2.31. The van der Waals surface area contributed by atoms with Crippen molar-refractivity contribution >= 4 is 45.3 Å². The third-order valence-corrected chi connectivity index (χ3v) is 6.24. The van der Waals surface area contributed by atoms with Gasteiger partial charge in [0.1, 0.15) is 4.83 Å². The first-order valence-corrected chi connectivity index (χ1v) is 10.2. The van der Waals surface area contributed by atoms with Crippen molar-refractivity contribution in [1.29, 1.82) is 0 Å². The van der Waals surface area contributed by atoms with Crippen LogP contribution < -0.4 is 16.2 Å². The summed E-state index contributed by atoms with van der Waals surface area (Å²) in [6.45, 7) is 7.97. The van der Waals surface area contributed by atoms with E-state index in [0.717, 1.165) is 35.0 Å². The summed E-state index contributed by atoms with van der Waals surface area (Å²) in [4.78, 5) is 44.9. The number of rotatable bonds is 6. The molecule has 0 spiro atoms. The van der Waals surface area contributed by atoms with Crippen LogP contribution in [0.5, 0.6) is 0 Å². The monoisotopic (exact) mass is 396 g/mol. The lowest BCUT2D eigenvalue weighted by molar-refractivity contribution is -0.119. The van der Waals surface area contributed by atoms with Gasteiger partial charge in [-0.3, -0.25) is 14.9 Å². The molecule has 2 heterocycles. The normalized spacial score (nSPS) is 13.4. The molecule has 0 fully saturated rings. The molecule has 0 aliphatic rings. The quantitative estimate of drug-likeness (QED) is 0.514. The van der Waals surface area contributed by atoms with Gasteiger partial charge in [0.25, 0.3) is 5.56 Å². The first-order valence-electron chi connectivity index (χ1n) is 8.48. The summed E-state index contributed by atoms with van der Waals surface area (Å²) in [5, 5.41) is 4.99. The van der Waals surface area contributed by atoms with Crippen LogP contribution in [0.2, 0.25) is 0 Å². The summed E-state index contributed by atoms with van der Waals surface area (Å²) in [6, 6.07) is -0.567. The van der Waals surface area contributed by atoms with Crippen LogP contribution in [0.4, 0.5) is 4.79 Å². The second kappa shape index (κ2) is 8.68. The van der Waals surface area contributed by atoms with Gasteiger partial charge in [0.05, 0.1) is 10.6 Å². The number of nitrogens with zero attached hydrogens (tertiary/aromatic N) is 1. The average molecular weight is 397 g/mol. The van der Waals surface area contributed by atoms with Crippen molar-refractivity contribution in [2.24, 2.45) is 5.92 Å². The van der Waals surface area contributed by atoms with Crippen LogP contribution in [0.15, 0.2) is 9.95 Å². The fourth-order valence-electron chi connectivity index (χ4n) is 2.45. The highest BCUT2D eigenvalue weighted by Gasteiger charge is 2.20. The molecule has 9 heteroatoms. The number of thioether (sulfide) groups is 1. The van der Waals surface area contributed by atoms with Crippen LogP contribution in [0, 0.1) is 12.8 Å². The molecule has 0 radical (unpaired) electrons. The van der Waals surface area contributed by atoms with Gasteiger partial charge in [0.15, 0.2) is 5.16 Å². The predicted molar refractivity (Wildman–Crippen MR) is 106 cm³/mol. The van der Waals surface area contributed by atoms with Crippen molar-refractivity contribution in [2.75, 3.05) is 7.05 Å². The Morgan fingerprint density at radius 3 is 2.65 bits per heavy atom. The SMILES string of the molecule is CC[C@@H](C)Cc1c(C)sc2nc(S[C@@H](C)C(=O)NC(=O)NC)[nH]c(=O)c12. The number of fused-ring (bicyclic) bond motifs is 1. The summed E-state index contributed by atoms with van der Waals surface area (Å²) >= 11 is 2.61. The minimum atomic E-state index is -0.575. The Kier molecular flexibility index (Phi) is 6.82. The highest BCUT2D eigenvalue weighted by molar-refractivity contribution is 8.00. The molecular formula is C17H24N4O3S2. The molecule has 0 aromatic carbocycles. The fraction of sp³-hybridized carbons (Fsp3) is 0.529. The number of imide groups is 1. The first kappa shape index (κ1) is 20.4. The third-order valence-electron chi connectivity index (χ3n) is 4.21. The molecule has 0 saturated heterocycles. The Bertz CT molecular complexity index is 875. The fourth-order valence-corrected chi connectivity index (χ4v) is 4.35. The number of hydrogen-bond acceptors (Lipinski definition) is 6. The summed E-state index contributed by atoms with van der Waals surface area (Å²) in [5.74, 6) is 0.0466. The van der Waals surface area contributed by atoms with E-state index >= 15 is 0 Å². The number of aromatic amines is 1. The van der Waals surface area contributed by atoms with Crippen molar-refractivity contribution in [1.82, 2.24) is 20.6 Å². The number of carbonyl (C=O) groups excluding carboxylic acids is 2. The zero-order valence-corrected chi connectivity index (χ0v) is 17.2. The van der Waals surface area contributed by atoms with Gasteiger partial charge in [-0.05, 0) is 31.7 Å². The first-order chi connectivity index (χ1) is 12.3. The number of nitrogens with one attached hydrogen (secondary N) is 3. The number of amides is 3. The summed E-state index contributed by atoms with van der Waals surface area (Å²) in [6.07, 6.45) is 1.90. The van der Waals surface area contributed by atoms with E-state index in [1.54, 1.807) is 6.92 Å². The minimum absolute atomic E-state index is 0.181. The Labute approximate surface area is 160 Å². The van der Waals surface area contributed by atoms with E-state index in [1.807, 2.05) is 6.92 Å². The number of aryl methyl sites for hydroxylation is 1. The summed E-state index contributed by atoms with van der Waals surface area (Å²) in [7, 11) is 1.43. The van der Waals surface area contributed by atoms with Crippen molar-refractivity contribution in [2.45, 2.75) is 50.9 Å². The topological polar surface area (TPSA) is 104 Å². The Hall–Kier alpha value is -1.87. The molecule has 7 nitrogen and oxygen atoms in total. The van der Waals surface area contributed by atoms with Gasteiger partial charge in [-0.15, -0.1) is 11.3 Å². The van der Waals surface area contributed by atoms with Crippen LogP contribution >= 0.6 is 23.1 Å². The average Bonchev–Trinajstić information content (AvgIpc) is 2.90. The predicted octanol–water partition coefficient (Wildman–Crippen LogP) is 2.82. The Morgan fingerprint density at radius 2 is 2.04 bits per heavy atom. The van der Waals surface area contributed by atoms with Crippen LogP contribution in [0.3, 0.4) is 0 Å². The zero-order chi connectivity index (χ0) is 19.4. The molecule has 3 amide bonds. The van der Waals surface area contributed by atoms with Crippen molar-refractivity contribution < 1.29 is 9.59 Å². The number of thiophene rings is 1. The maximum absolute atomic E-state index is 12.6. The molecule has 2 atom stereocenters. The zero-order valence-electron chi connectivity index (χ0n) is 15.6. The summed E-state index contributed by atoms with van der Waals surface area (Å²) in [5.41, 5.74) is 0.883. The standard InChI is InChI=1S/C17H24N4O3S2/c1-6-8(2)7-11-9(3)25-15-12(11)14(23)20-17(21-15)26-10(4)13(22)19-16(24)18-5/h8,10H,6-7H2,1-5H3,(H,20,21,23)(H2,18,19,22,24)/t8-,10+/m1/s1. The van der Waals surface area contributed by atoms with Gasteiger partial charge < -0.3 is 10.3 Å². The van der Waals surface area contributed by atoms with Gasteiger partial charge in [0, 0.05) is 11.9 Å². The van der Waals surface area contributed by atoms with E-state index in [-0.39, 0.29) is 5.56 Å². The lowest BCUT2D eigenvalue weighted by atomic mass is 9.98. The molecule has 0 aliphatic carbocycles. The lowest BCUT2D eigenvalue weighted by Gasteiger charge is -2.10. The molecular weight excluding hydrogens is 372 g/mol. The molecule has 0 saturated carbocycles. The number of H-pyrrole nitrogens is 1. The smallest absolute Gasteiger partial charge is 0.321 e. The highest BCUT2D eigenvalue weighted by atomic mass is 32.2. The number of aromatic nitrogens is 2. The lowest BCUT2D eigenvalue weighted by Crippen LogP contribution is -2.41. The van der Waals surface area contributed by atoms with Crippen molar-refractivity contribution in [3.63, 3.8) is 0 Å². The molecule has 2 aromatic rings. The van der Waals surface area contributed by atoms with Crippen LogP contribution in [0.1, 0.15) is 37.6 Å². The molecule has 2 rings (SSSR count).